The Labute approximate surface area is 261 Å². The Kier molecular flexibility index (Phi) is 8.30. The summed E-state index contributed by atoms with van der Waals surface area (Å²) < 4.78 is 31.5. The lowest BCUT2D eigenvalue weighted by Crippen LogP contribution is -2.41. The normalized spacial score (nSPS) is 15.5. The zero-order chi connectivity index (χ0) is 31.7. The van der Waals surface area contributed by atoms with Gasteiger partial charge in [0.15, 0.2) is 0 Å². The third-order valence-electron chi connectivity index (χ3n) is 8.57. The van der Waals surface area contributed by atoms with Crippen LogP contribution in [0.25, 0.3) is 28.2 Å². The molecule has 0 bridgehead atoms. The van der Waals surface area contributed by atoms with Crippen molar-refractivity contribution in [2.45, 2.75) is 51.1 Å². The van der Waals surface area contributed by atoms with E-state index in [9.17, 15) is 22.8 Å². The van der Waals surface area contributed by atoms with E-state index in [2.05, 4.69) is 10.0 Å². The Morgan fingerprint density at radius 3 is 2.51 bits per heavy atom. The van der Waals surface area contributed by atoms with Crippen molar-refractivity contribution in [3.05, 3.63) is 95.1 Å². The van der Waals surface area contributed by atoms with Gasteiger partial charge in [-0.3, -0.25) is 9.59 Å². The highest BCUT2D eigenvalue weighted by Gasteiger charge is 2.31. The van der Waals surface area contributed by atoms with Gasteiger partial charge < -0.3 is 15.0 Å². The number of anilines is 1. The third-order valence-corrected chi connectivity index (χ3v) is 9.97. The van der Waals surface area contributed by atoms with Gasteiger partial charge in [0, 0.05) is 36.2 Å². The highest BCUT2D eigenvalue weighted by Crippen LogP contribution is 2.46. The summed E-state index contributed by atoms with van der Waals surface area (Å²) in [4.78, 5) is 37.1. The second-order valence-corrected chi connectivity index (χ2v) is 13.4. The number of benzene rings is 3. The van der Waals surface area contributed by atoms with Crippen LogP contribution in [0.4, 0.5) is 5.69 Å². The molecule has 0 saturated heterocycles. The summed E-state index contributed by atoms with van der Waals surface area (Å²) in [6.07, 6.45) is 8.02. The highest BCUT2D eigenvalue weighted by molar-refractivity contribution is 7.87. The number of para-hydroxylation sites is 1. The summed E-state index contributed by atoms with van der Waals surface area (Å²) in [6.45, 7) is 0.0697. The molecule has 0 radical (unpaired) electrons. The molecule has 6 rings (SSSR count). The third kappa shape index (κ3) is 6.27. The molecule has 0 atom stereocenters. The fourth-order valence-electron chi connectivity index (χ4n) is 6.41. The average Bonchev–Trinajstić information content (AvgIpc) is 3.25. The lowest BCUT2D eigenvalue weighted by atomic mass is 9.81. The molecule has 10 nitrogen and oxygen atoms in total. The van der Waals surface area contributed by atoms with Crippen molar-refractivity contribution in [2.24, 2.45) is 0 Å². The molecule has 1 aliphatic heterocycles. The molecule has 1 fully saturated rings. The fraction of sp³-hybridized carbons (Fsp3) is 0.265. The van der Waals surface area contributed by atoms with Crippen LogP contribution in [0.15, 0.2) is 72.8 Å². The SMILES string of the molecule is CN(Cc1ccc(/C=C/C(=O)O)cc1)S(=O)(=O)NC(=O)c1ccc2c(C3CCCCC3)c3n(c2c1)CC(=O)Nc1ccccc1-3. The Morgan fingerprint density at radius 1 is 1.04 bits per heavy atom. The molecule has 1 aromatic heterocycles. The lowest BCUT2D eigenvalue weighted by Gasteiger charge is -2.23. The van der Waals surface area contributed by atoms with Gasteiger partial charge in [-0.1, -0.05) is 67.8 Å². The Hall–Kier alpha value is -4.74. The van der Waals surface area contributed by atoms with Crippen molar-refractivity contribution in [2.75, 3.05) is 12.4 Å². The minimum absolute atomic E-state index is 0.00392. The zero-order valence-corrected chi connectivity index (χ0v) is 25.6. The van der Waals surface area contributed by atoms with Crippen molar-refractivity contribution < 1.29 is 27.9 Å². The lowest BCUT2D eigenvalue weighted by molar-refractivity contribution is -0.131. The Morgan fingerprint density at radius 2 is 1.78 bits per heavy atom. The molecule has 11 heteroatoms. The van der Waals surface area contributed by atoms with Gasteiger partial charge in [0.05, 0.1) is 16.9 Å². The molecule has 0 unspecified atom stereocenters. The Bertz CT molecular complexity index is 1940. The van der Waals surface area contributed by atoms with E-state index in [1.54, 1.807) is 36.4 Å². The molecule has 2 heterocycles. The monoisotopic (exact) mass is 626 g/mol. The molecule has 1 saturated carbocycles. The minimum Gasteiger partial charge on any atom is -0.478 e. The van der Waals surface area contributed by atoms with Crippen LogP contribution in [0.1, 0.15) is 65.1 Å². The average molecular weight is 627 g/mol. The first-order valence-electron chi connectivity index (χ1n) is 14.9. The van der Waals surface area contributed by atoms with E-state index in [0.717, 1.165) is 58.4 Å². The molecular weight excluding hydrogens is 592 g/mol. The van der Waals surface area contributed by atoms with Crippen molar-refractivity contribution in [3.63, 3.8) is 0 Å². The minimum atomic E-state index is -4.20. The second-order valence-electron chi connectivity index (χ2n) is 11.6. The summed E-state index contributed by atoms with van der Waals surface area (Å²) in [5.41, 5.74) is 6.04. The molecule has 232 valence electrons. The number of carbonyl (C=O) groups excluding carboxylic acids is 2. The highest BCUT2D eigenvalue weighted by atomic mass is 32.2. The summed E-state index contributed by atoms with van der Waals surface area (Å²) in [6, 6.07) is 19.7. The van der Waals surface area contributed by atoms with Crippen LogP contribution >= 0.6 is 0 Å². The van der Waals surface area contributed by atoms with Crippen LogP contribution < -0.4 is 10.0 Å². The van der Waals surface area contributed by atoms with Gasteiger partial charge in [0.2, 0.25) is 5.91 Å². The topological polar surface area (TPSA) is 138 Å². The molecule has 2 aliphatic rings. The predicted molar refractivity (Wildman–Crippen MR) is 173 cm³/mol. The number of fused-ring (bicyclic) bond motifs is 5. The van der Waals surface area contributed by atoms with Crippen LogP contribution in [-0.2, 0) is 32.9 Å². The van der Waals surface area contributed by atoms with Crippen molar-refractivity contribution in [3.8, 4) is 11.3 Å². The van der Waals surface area contributed by atoms with E-state index in [4.69, 9.17) is 5.11 Å². The van der Waals surface area contributed by atoms with E-state index in [1.165, 1.54) is 25.1 Å². The number of amides is 2. The van der Waals surface area contributed by atoms with Crippen LogP contribution in [0, 0.1) is 0 Å². The van der Waals surface area contributed by atoms with Crippen LogP contribution in [0.3, 0.4) is 0 Å². The van der Waals surface area contributed by atoms with Crippen LogP contribution in [0.2, 0.25) is 0 Å². The van der Waals surface area contributed by atoms with Gasteiger partial charge >= 0.3 is 16.2 Å². The van der Waals surface area contributed by atoms with Crippen LogP contribution in [0.5, 0.6) is 0 Å². The van der Waals surface area contributed by atoms with Gasteiger partial charge in [-0.2, -0.15) is 12.7 Å². The van der Waals surface area contributed by atoms with E-state index in [-0.39, 0.29) is 24.6 Å². The molecule has 45 heavy (non-hydrogen) atoms. The van der Waals surface area contributed by atoms with E-state index >= 15 is 0 Å². The summed E-state index contributed by atoms with van der Waals surface area (Å²) in [5, 5.41) is 12.8. The summed E-state index contributed by atoms with van der Waals surface area (Å²) in [5.74, 6) is -1.69. The first-order valence-corrected chi connectivity index (χ1v) is 16.4. The molecule has 0 spiro atoms. The fourth-order valence-corrected chi connectivity index (χ4v) is 7.23. The molecule has 2 amide bonds. The standard InChI is InChI=1S/C34H34N4O6S/c1-37(20-23-13-11-22(12-14-23)15-18-31(40)41)45(43,44)36-34(42)25-16-17-27-29(19-25)38-21-30(39)35-28-10-6-5-9-26(28)33(38)32(27)24-7-3-2-4-8-24/h5-6,9-19,24H,2-4,7-8,20-21H2,1H3,(H,35,39)(H,36,42)(H,40,41)/b18-15+. The summed E-state index contributed by atoms with van der Waals surface area (Å²) >= 11 is 0. The number of hydrogen-bond acceptors (Lipinski definition) is 5. The second kappa shape index (κ2) is 12.3. The van der Waals surface area contributed by atoms with Crippen molar-refractivity contribution >= 4 is 50.7 Å². The maximum absolute atomic E-state index is 13.4. The van der Waals surface area contributed by atoms with Gasteiger partial charge in [-0.15, -0.1) is 0 Å². The molecule has 4 aromatic rings. The molecule has 3 aromatic carbocycles. The largest absolute Gasteiger partial charge is 0.478 e. The maximum atomic E-state index is 13.4. The number of hydrogen-bond donors (Lipinski definition) is 3. The van der Waals surface area contributed by atoms with Crippen molar-refractivity contribution in [1.29, 1.82) is 0 Å². The van der Waals surface area contributed by atoms with Crippen LogP contribution in [-0.4, -0.2) is 47.2 Å². The number of aliphatic carboxylic acids is 1. The van der Waals surface area contributed by atoms with Gasteiger partial charge in [-0.05, 0) is 59.7 Å². The van der Waals surface area contributed by atoms with Gasteiger partial charge in [0.25, 0.3) is 5.91 Å². The molecule has 3 N–H and O–H groups in total. The van der Waals surface area contributed by atoms with Crippen molar-refractivity contribution in [1.82, 2.24) is 13.6 Å². The number of nitrogens with zero attached hydrogens (tertiary/aromatic N) is 2. The predicted octanol–water partition coefficient (Wildman–Crippen LogP) is 5.51. The van der Waals surface area contributed by atoms with Gasteiger partial charge in [0.1, 0.15) is 6.54 Å². The molecule has 1 aliphatic carbocycles. The Balaban J connectivity index is 1.30. The number of rotatable bonds is 8. The van der Waals surface area contributed by atoms with E-state index in [1.807, 2.05) is 34.9 Å². The molecular formula is C34H34N4O6S. The van der Waals surface area contributed by atoms with Gasteiger partial charge in [-0.25, -0.2) is 9.52 Å². The first-order chi connectivity index (χ1) is 21.6. The maximum Gasteiger partial charge on any atom is 0.328 e. The smallest absolute Gasteiger partial charge is 0.328 e. The van der Waals surface area contributed by atoms with E-state index < -0.39 is 22.1 Å². The number of aromatic nitrogens is 1. The number of carboxylic acid groups (broad SMARTS) is 1. The number of carbonyl (C=O) groups is 3. The number of carboxylic acids is 1. The quantitative estimate of drug-likeness (QED) is 0.221. The van der Waals surface area contributed by atoms with E-state index in [0.29, 0.717) is 22.6 Å². The zero-order valence-electron chi connectivity index (χ0n) is 24.8. The summed E-state index contributed by atoms with van der Waals surface area (Å²) in [7, 11) is -2.83. The number of nitrogens with one attached hydrogen (secondary N) is 2. The first kappa shape index (κ1) is 30.3.